The molecule has 160 valence electrons. The van der Waals surface area contributed by atoms with E-state index in [2.05, 4.69) is 32.5 Å². The van der Waals surface area contributed by atoms with Crippen molar-refractivity contribution in [2.24, 2.45) is 0 Å². The lowest BCUT2D eigenvalue weighted by Gasteiger charge is -2.47. The van der Waals surface area contributed by atoms with E-state index in [0.29, 0.717) is 33.3 Å². The Morgan fingerprint density at radius 3 is 2.77 bits per heavy atom. The number of anilines is 1. The van der Waals surface area contributed by atoms with E-state index >= 15 is 0 Å². The first kappa shape index (κ1) is 21.6. The van der Waals surface area contributed by atoms with Crippen LogP contribution in [-0.2, 0) is 0 Å². The Labute approximate surface area is 190 Å². The van der Waals surface area contributed by atoms with Gasteiger partial charge in [0.2, 0.25) is 0 Å². The zero-order chi connectivity index (χ0) is 21.7. The number of pyridine rings is 1. The molecule has 0 aliphatic carbocycles. The van der Waals surface area contributed by atoms with E-state index < -0.39 is 11.9 Å². The number of nitrogens with zero attached hydrogens (tertiary/aromatic N) is 5. The maximum atomic E-state index is 14.9. The molecule has 1 amide bonds. The van der Waals surface area contributed by atoms with Gasteiger partial charge in [0.1, 0.15) is 15.9 Å². The normalized spacial score (nSPS) is 23.3. The molecule has 0 aromatic carbocycles. The van der Waals surface area contributed by atoms with Crippen LogP contribution in [0.3, 0.4) is 0 Å². The monoisotopic (exact) mass is 515 g/mol. The molecule has 0 saturated carbocycles. The van der Waals surface area contributed by atoms with Gasteiger partial charge in [-0.25, -0.2) is 24.1 Å². The highest BCUT2D eigenvalue weighted by molar-refractivity contribution is 9.10. The van der Waals surface area contributed by atoms with E-state index in [4.69, 9.17) is 16.6 Å². The third-order valence-corrected chi connectivity index (χ3v) is 7.14. The van der Waals surface area contributed by atoms with Gasteiger partial charge in [-0.3, -0.25) is 4.90 Å². The molecule has 30 heavy (non-hydrogen) atoms. The Kier molecular flexibility index (Phi) is 5.84. The first-order valence-corrected chi connectivity index (χ1v) is 11.7. The van der Waals surface area contributed by atoms with E-state index in [1.807, 2.05) is 18.7 Å². The van der Waals surface area contributed by atoms with E-state index in [0.717, 1.165) is 18.4 Å². The van der Waals surface area contributed by atoms with Gasteiger partial charge in [-0.1, -0.05) is 42.4 Å². The van der Waals surface area contributed by atoms with Crippen molar-refractivity contribution in [3.05, 3.63) is 27.7 Å². The van der Waals surface area contributed by atoms with E-state index in [1.54, 1.807) is 0 Å². The second-order valence-corrected chi connectivity index (χ2v) is 9.77. The minimum atomic E-state index is -0.927. The summed E-state index contributed by atoms with van der Waals surface area (Å²) in [5, 5.41) is 10.3. The van der Waals surface area contributed by atoms with Crippen LogP contribution in [0.5, 0.6) is 0 Å². The quantitative estimate of drug-likeness (QED) is 0.266. The number of piperazine rings is 1. The fourth-order valence-corrected chi connectivity index (χ4v) is 5.91. The average molecular weight is 517 g/mol. The average Bonchev–Trinajstić information content (AvgIpc) is 2.99. The molecule has 3 atom stereocenters. The van der Waals surface area contributed by atoms with E-state index in [9.17, 15) is 14.3 Å². The summed E-state index contributed by atoms with van der Waals surface area (Å²) >= 11 is 10.8. The van der Waals surface area contributed by atoms with Gasteiger partial charge in [-0.15, -0.1) is 0 Å². The van der Waals surface area contributed by atoms with Gasteiger partial charge in [0, 0.05) is 6.54 Å². The molecule has 2 aromatic rings. The third kappa shape index (κ3) is 3.42. The molecule has 0 spiro atoms. The number of aromatic nitrogens is 3. The van der Waals surface area contributed by atoms with Gasteiger partial charge >= 0.3 is 6.09 Å². The Morgan fingerprint density at radius 2 is 2.13 bits per heavy atom. The fraction of sp³-hybridized carbons (Fsp3) is 0.474. The molecule has 0 unspecified atom stereocenters. The smallest absolute Gasteiger partial charge is 0.407 e. The molecule has 2 saturated heterocycles. The first-order valence-electron chi connectivity index (χ1n) is 9.52. The highest BCUT2D eigenvalue weighted by Crippen LogP contribution is 2.42. The van der Waals surface area contributed by atoms with Crippen LogP contribution in [0, 0.1) is 5.82 Å². The van der Waals surface area contributed by atoms with Crippen LogP contribution in [0.25, 0.3) is 10.9 Å². The summed E-state index contributed by atoms with van der Waals surface area (Å²) in [7, 11) is 0. The maximum absolute atomic E-state index is 14.9. The van der Waals surface area contributed by atoms with Crippen LogP contribution in [0.15, 0.2) is 21.9 Å². The Bertz CT molecular complexity index is 1060. The molecule has 0 radical (unpaired) electrons. The van der Waals surface area contributed by atoms with Crippen molar-refractivity contribution in [3.63, 3.8) is 0 Å². The summed E-state index contributed by atoms with van der Waals surface area (Å²) in [5.74, 6) is 0.533. The van der Waals surface area contributed by atoms with Crippen molar-refractivity contribution < 1.29 is 14.3 Å². The topological polar surface area (TPSA) is 82.5 Å². The number of carbonyl (C=O) groups is 1. The molecule has 2 bridgehead atoms. The second kappa shape index (κ2) is 8.12. The fourth-order valence-electron chi connectivity index (χ4n) is 4.53. The van der Waals surface area contributed by atoms with Gasteiger partial charge in [0.15, 0.2) is 16.1 Å². The van der Waals surface area contributed by atoms with Crippen molar-refractivity contribution >= 4 is 62.1 Å². The molecular weight excluding hydrogens is 497 g/mol. The minimum Gasteiger partial charge on any atom is -0.465 e. The molecule has 4 rings (SSSR count). The van der Waals surface area contributed by atoms with Crippen LogP contribution in [0.2, 0.25) is 5.15 Å². The molecule has 2 aliphatic heterocycles. The number of hydrogen-bond donors (Lipinski definition) is 1. The van der Waals surface area contributed by atoms with Gasteiger partial charge in [-0.2, -0.15) is 0 Å². The Morgan fingerprint density at radius 1 is 1.40 bits per heavy atom. The minimum absolute atomic E-state index is 0.0938. The molecule has 1 N–H and O–H groups in total. The van der Waals surface area contributed by atoms with Crippen molar-refractivity contribution in [3.8, 4) is 0 Å². The lowest BCUT2D eigenvalue weighted by atomic mass is 9.96. The number of amides is 1. The number of halogens is 3. The summed E-state index contributed by atoms with van der Waals surface area (Å²) in [5.41, 5.74) is 0.915. The van der Waals surface area contributed by atoms with Crippen molar-refractivity contribution in [1.82, 2.24) is 19.9 Å². The van der Waals surface area contributed by atoms with E-state index in [1.165, 1.54) is 16.7 Å². The number of thioether (sulfide) groups is 1. The summed E-state index contributed by atoms with van der Waals surface area (Å²) in [6.07, 6.45) is 0.574. The molecule has 2 aromatic heterocycles. The second-order valence-electron chi connectivity index (χ2n) is 7.43. The van der Waals surface area contributed by atoms with Gasteiger partial charge < -0.3 is 10.0 Å². The highest BCUT2D eigenvalue weighted by atomic mass is 79.9. The first-order chi connectivity index (χ1) is 14.2. The Balaban J connectivity index is 1.95. The number of rotatable bonds is 4. The van der Waals surface area contributed by atoms with Crippen LogP contribution in [0.1, 0.15) is 26.7 Å². The zero-order valence-electron chi connectivity index (χ0n) is 16.4. The number of hydrogen-bond acceptors (Lipinski definition) is 6. The Hall–Kier alpha value is -1.65. The zero-order valence-corrected chi connectivity index (χ0v) is 19.6. The SMILES string of the molecule is C=C(C)[C@H]1[C@@H]2CC[C@H](CN1c1nc(SCC)nc3c(F)c(Cl)nc(Br)c13)N2C(=O)O. The number of carboxylic acid groups (broad SMARTS) is 1. The van der Waals surface area contributed by atoms with Crippen LogP contribution in [-0.4, -0.2) is 61.5 Å². The number of fused-ring (bicyclic) bond motifs is 3. The predicted molar refractivity (Wildman–Crippen MR) is 119 cm³/mol. The van der Waals surface area contributed by atoms with Crippen molar-refractivity contribution in [2.45, 2.75) is 50.0 Å². The predicted octanol–water partition coefficient (Wildman–Crippen LogP) is 4.97. The summed E-state index contributed by atoms with van der Waals surface area (Å²) in [6, 6.07) is -0.697. The van der Waals surface area contributed by atoms with Gasteiger partial charge in [-0.05, 0) is 41.4 Å². The summed E-state index contributed by atoms with van der Waals surface area (Å²) < 4.78 is 15.2. The largest absolute Gasteiger partial charge is 0.465 e. The van der Waals surface area contributed by atoms with Gasteiger partial charge in [0.05, 0.1) is 23.5 Å². The molecule has 2 fully saturated rings. The highest BCUT2D eigenvalue weighted by Gasteiger charge is 2.49. The van der Waals surface area contributed by atoms with Crippen LogP contribution in [0.4, 0.5) is 15.0 Å². The van der Waals surface area contributed by atoms with Crippen LogP contribution >= 0.6 is 39.3 Å². The molecule has 4 heterocycles. The lowest BCUT2D eigenvalue weighted by molar-refractivity contribution is 0.106. The standard InChI is InChI=1S/C19H20BrClFN5O2S/c1-4-30-18-23-13-11(15(20)24-16(21)12(13)22)17(25-18)26-7-9-5-6-10(14(26)8(2)3)27(9)19(28)29/h9-10,14H,2,4-7H2,1,3H3,(H,28,29)/t9-,10+,14+/m1/s1. The van der Waals surface area contributed by atoms with Crippen molar-refractivity contribution in [1.29, 1.82) is 0 Å². The van der Waals surface area contributed by atoms with Gasteiger partial charge in [0.25, 0.3) is 0 Å². The molecule has 2 aliphatic rings. The molecule has 11 heteroatoms. The summed E-state index contributed by atoms with van der Waals surface area (Å²) in [4.78, 5) is 28.6. The van der Waals surface area contributed by atoms with Crippen LogP contribution < -0.4 is 4.90 Å². The van der Waals surface area contributed by atoms with Crippen molar-refractivity contribution in [2.75, 3.05) is 17.2 Å². The molecular formula is C19H20BrClFN5O2S. The van der Waals surface area contributed by atoms with E-state index in [-0.39, 0.29) is 28.8 Å². The lowest BCUT2D eigenvalue weighted by Crippen LogP contribution is -2.61. The third-order valence-electron chi connectivity index (χ3n) is 5.59. The molecule has 7 nitrogen and oxygen atoms in total. The summed E-state index contributed by atoms with van der Waals surface area (Å²) in [6.45, 7) is 8.40. The maximum Gasteiger partial charge on any atom is 0.407 e.